The van der Waals surface area contributed by atoms with Gasteiger partial charge in [-0.2, -0.15) is 0 Å². The first-order valence-electron chi connectivity index (χ1n) is 11.8. The van der Waals surface area contributed by atoms with Gasteiger partial charge in [-0.05, 0) is 50.2 Å². The van der Waals surface area contributed by atoms with Crippen molar-refractivity contribution in [3.05, 3.63) is 48.5 Å². The maximum absolute atomic E-state index is 12.0. The van der Waals surface area contributed by atoms with E-state index in [1.54, 1.807) is 29.2 Å². The molecule has 14 nitrogen and oxygen atoms in total. The number of aromatic nitrogens is 1. The Morgan fingerprint density at radius 3 is 1.90 bits per heavy atom. The Bertz CT molecular complexity index is 1370. The summed E-state index contributed by atoms with van der Waals surface area (Å²) in [5, 5.41) is 8.86. The van der Waals surface area contributed by atoms with Gasteiger partial charge in [0, 0.05) is 5.69 Å². The molecule has 216 valence electrons. The van der Waals surface area contributed by atoms with Gasteiger partial charge in [0.05, 0.1) is 29.0 Å². The third kappa shape index (κ3) is 9.00. The number of fused-ring (bicyclic) bond motifs is 1. The topological polar surface area (TPSA) is 209 Å². The summed E-state index contributed by atoms with van der Waals surface area (Å²) >= 11 is 1.39. The number of esters is 2. The van der Waals surface area contributed by atoms with E-state index in [2.05, 4.69) is 15.2 Å². The van der Waals surface area contributed by atoms with Crippen LogP contribution in [0.2, 0.25) is 0 Å². The predicted octanol–water partition coefficient (Wildman–Crippen LogP) is 3.74. The van der Waals surface area contributed by atoms with E-state index < -0.39 is 38.4 Å². The fourth-order valence-corrected chi connectivity index (χ4v) is 4.62. The van der Waals surface area contributed by atoms with Crippen LogP contribution >= 0.6 is 26.5 Å². The number of azo groups is 1. The zero-order valence-corrected chi connectivity index (χ0v) is 24.0. The van der Waals surface area contributed by atoms with Gasteiger partial charge in [0.25, 0.3) is 0 Å². The molecule has 0 spiro atoms. The third-order valence-electron chi connectivity index (χ3n) is 5.65. The second kappa shape index (κ2) is 13.6. The van der Waals surface area contributed by atoms with Gasteiger partial charge in [-0.1, -0.05) is 23.5 Å². The number of para-hydroxylation sites is 1. The largest absolute Gasteiger partial charge is 0.463 e. The Morgan fingerprint density at radius 1 is 0.875 bits per heavy atom. The minimum Gasteiger partial charge on any atom is -0.463 e. The molecule has 0 aliphatic carbocycles. The number of carbonyl (C=O) groups is 2. The molecule has 1 heterocycles. The molecule has 2 atom stereocenters. The van der Waals surface area contributed by atoms with Crippen LogP contribution in [0.5, 0.6) is 0 Å². The molecule has 0 saturated carbocycles. The lowest BCUT2D eigenvalue weighted by Gasteiger charge is -2.25. The van der Waals surface area contributed by atoms with Gasteiger partial charge in [-0.3, -0.25) is 18.7 Å². The molecular formula is C23H28N4O10P2S. The summed E-state index contributed by atoms with van der Waals surface area (Å²) < 4.78 is 33.6. The van der Waals surface area contributed by atoms with Gasteiger partial charge in [0.1, 0.15) is 13.2 Å². The number of benzene rings is 2. The summed E-state index contributed by atoms with van der Waals surface area (Å²) in [5.74, 6) is -2.14. The van der Waals surface area contributed by atoms with Gasteiger partial charge < -0.3 is 33.9 Å². The maximum Gasteiger partial charge on any atom is 0.339 e. The molecule has 0 radical (unpaired) electrons. The van der Waals surface area contributed by atoms with E-state index in [0.29, 0.717) is 16.5 Å². The SMILES string of the molecule is CC(C(=O)OCCN(CCOC(=O)C(C)P(=O)(O)O)c1ccc(N=Nc2nc3ccccc3s2)cc1)P(=O)(O)O. The predicted molar refractivity (Wildman–Crippen MR) is 147 cm³/mol. The van der Waals surface area contributed by atoms with Gasteiger partial charge in [0.15, 0.2) is 11.3 Å². The zero-order valence-electron chi connectivity index (χ0n) is 21.4. The lowest BCUT2D eigenvalue weighted by molar-refractivity contribution is -0.143. The monoisotopic (exact) mass is 614 g/mol. The fourth-order valence-electron chi connectivity index (χ4n) is 3.13. The molecule has 0 bridgehead atoms. The first kappa shape index (κ1) is 31.5. The molecule has 2 unspecified atom stereocenters. The number of ether oxygens (including phenoxy) is 2. The van der Waals surface area contributed by atoms with Crippen molar-refractivity contribution in [2.24, 2.45) is 10.2 Å². The third-order valence-corrected chi connectivity index (χ3v) is 9.01. The molecule has 17 heteroatoms. The number of thiazole rings is 1. The number of carbonyl (C=O) groups excluding carboxylic acids is 2. The molecule has 0 aliphatic rings. The van der Waals surface area contributed by atoms with Crippen molar-refractivity contribution in [2.75, 3.05) is 31.2 Å². The van der Waals surface area contributed by atoms with Crippen molar-refractivity contribution >= 4 is 65.2 Å². The molecule has 0 saturated heterocycles. The van der Waals surface area contributed by atoms with Crippen LogP contribution in [0.1, 0.15) is 13.8 Å². The lowest BCUT2D eigenvalue weighted by Crippen LogP contribution is -2.34. The van der Waals surface area contributed by atoms with Gasteiger partial charge in [-0.25, -0.2) is 4.98 Å². The zero-order chi connectivity index (χ0) is 29.5. The van der Waals surface area contributed by atoms with Crippen LogP contribution in [-0.4, -0.2) is 74.1 Å². The molecule has 40 heavy (non-hydrogen) atoms. The second-order valence-corrected chi connectivity index (χ2v) is 13.4. The summed E-state index contributed by atoms with van der Waals surface area (Å²) in [6.07, 6.45) is 0. The molecule has 0 amide bonds. The van der Waals surface area contributed by atoms with Gasteiger partial charge >= 0.3 is 27.1 Å². The average molecular weight is 615 g/mol. The summed E-state index contributed by atoms with van der Waals surface area (Å²) in [6.45, 7) is 1.74. The van der Waals surface area contributed by atoms with Crippen molar-refractivity contribution in [2.45, 2.75) is 25.2 Å². The first-order valence-corrected chi connectivity index (χ1v) is 16.0. The van der Waals surface area contributed by atoms with Crippen molar-refractivity contribution in [1.29, 1.82) is 0 Å². The Hall–Kier alpha value is -3.03. The normalized spacial score (nSPS) is 13.8. The number of nitrogens with zero attached hydrogens (tertiary/aromatic N) is 4. The standard InChI is InChI=1S/C23H28N4O10P2S/c1-15(38(30,31)32)21(28)36-13-11-27(12-14-37-22(29)16(2)39(33,34)35)18-9-7-17(8-10-18)25-26-23-24-19-5-3-4-6-20(19)40-23/h3-10,15-16H,11-14H2,1-2H3,(H2,30,31,32)(H2,33,34,35). The van der Waals surface area contributed by atoms with Crippen LogP contribution in [0.3, 0.4) is 0 Å². The summed E-state index contributed by atoms with van der Waals surface area (Å²) in [5.41, 5.74) is -1.32. The van der Waals surface area contributed by atoms with Crippen LogP contribution in [0.15, 0.2) is 58.8 Å². The van der Waals surface area contributed by atoms with Crippen molar-refractivity contribution < 1.29 is 47.8 Å². The highest BCUT2D eigenvalue weighted by molar-refractivity contribution is 7.54. The Morgan fingerprint density at radius 2 is 1.40 bits per heavy atom. The van der Waals surface area contributed by atoms with Crippen molar-refractivity contribution in [1.82, 2.24) is 4.98 Å². The van der Waals surface area contributed by atoms with Gasteiger partial charge in [-0.15, -0.1) is 10.2 Å². The molecule has 1 aromatic heterocycles. The van der Waals surface area contributed by atoms with E-state index in [0.717, 1.165) is 24.1 Å². The average Bonchev–Trinajstić information content (AvgIpc) is 3.32. The van der Waals surface area contributed by atoms with Crippen LogP contribution in [0, 0.1) is 0 Å². The Labute approximate surface area is 233 Å². The van der Waals surface area contributed by atoms with E-state index in [4.69, 9.17) is 29.0 Å². The summed E-state index contributed by atoms with van der Waals surface area (Å²) in [4.78, 5) is 66.7. The minimum atomic E-state index is -4.66. The molecule has 0 fully saturated rings. The molecule has 0 aliphatic heterocycles. The minimum absolute atomic E-state index is 0.0534. The van der Waals surface area contributed by atoms with E-state index in [9.17, 15) is 18.7 Å². The van der Waals surface area contributed by atoms with Crippen LogP contribution < -0.4 is 4.90 Å². The number of rotatable bonds is 13. The molecule has 3 aromatic rings. The van der Waals surface area contributed by atoms with Crippen LogP contribution in [0.4, 0.5) is 16.5 Å². The van der Waals surface area contributed by atoms with Crippen molar-refractivity contribution in [3.8, 4) is 0 Å². The van der Waals surface area contributed by atoms with E-state index >= 15 is 0 Å². The van der Waals surface area contributed by atoms with Crippen molar-refractivity contribution in [3.63, 3.8) is 0 Å². The van der Waals surface area contributed by atoms with E-state index in [1.807, 2.05) is 24.3 Å². The maximum atomic E-state index is 12.0. The second-order valence-electron chi connectivity index (χ2n) is 8.53. The Kier molecular flexibility index (Phi) is 10.7. The van der Waals surface area contributed by atoms with E-state index in [-0.39, 0.29) is 26.3 Å². The number of hydrogen-bond donors (Lipinski definition) is 4. The fraction of sp³-hybridized carbons (Fsp3) is 0.348. The van der Waals surface area contributed by atoms with Gasteiger partial charge in [0.2, 0.25) is 5.13 Å². The highest BCUT2D eigenvalue weighted by Gasteiger charge is 2.33. The highest BCUT2D eigenvalue weighted by atomic mass is 32.1. The lowest BCUT2D eigenvalue weighted by atomic mass is 10.2. The summed E-state index contributed by atoms with van der Waals surface area (Å²) in [7, 11) is -9.33. The number of hydrogen-bond acceptors (Lipinski definition) is 11. The van der Waals surface area contributed by atoms with Crippen LogP contribution in [0.25, 0.3) is 10.2 Å². The van der Waals surface area contributed by atoms with E-state index in [1.165, 1.54) is 11.3 Å². The molecular weight excluding hydrogens is 586 g/mol. The quantitative estimate of drug-likeness (QED) is 0.123. The molecule has 2 aromatic carbocycles. The Balaban J connectivity index is 1.67. The number of anilines is 1. The molecule has 4 N–H and O–H groups in total. The summed E-state index contributed by atoms with van der Waals surface area (Å²) in [6, 6.07) is 14.3. The highest BCUT2D eigenvalue weighted by Crippen LogP contribution is 2.42. The van der Waals surface area contributed by atoms with Crippen LogP contribution in [-0.2, 0) is 28.2 Å². The smallest absolute Gasteiger partial charge is 0.339 e. The molecule has 3 rings (SSSR count). The first-order chi connectivity index (χ1) is 18.8.